The summed E-state index contributed by atoms with van der Waals surface area (Å²) < 4.78 is 6.63. The van der Waals surface area contributed by atoms with E-state index in [0.717, 1.165) is 21.7 Å². The van der Waals surface area contributed by atoms with Crippen LogP contribution in [-0.4, -0.2) is 22.5 Å². The highest BCUT2D eigenvalue weighted by atomic mass is 35.5. The predicted octanol–water partition coefficient (Wildman–Crippen LogP) is 5.35. The van der Waals surface area contributed by atoms with Crippen LogP contribution in [0.4, 0.5) is 5.13 Å². The van der Waals surface area contributed by atoms with Gasteiger partial charge in [0.15, 0.2) is 5.13 Å². The highest BCUT2D eigenvalue weighted by Crippen LogP contribution is 2.31. The number of fused-ring (bicyclic) bond motifs is 1. The number of ether oxygens (including phenoxy) is 1. The zero-order chi connectivity index (χ0) is 20.1. The third kappa shape index (κ3) is 4.91. The number of carbonyl (C=O) groups excluding carboxylic acids is 1. The molecule has 0 radical (unpaired) electrons. The summed E-state index contributed by atoms with van der Waals surface area (Å²) in [5, 5.41) is 1.27. The van der Waals surface area contributed by atoms with Gasteiger partial charge in [0.1, 0.15) is 5.75 Å². The number of amides is 1. The average molecular weight is 424 g/mol. The first-order chi connectivity index (χ1) is 14.2. The van der Waals surface area contributed by atoms with Crippen LogP contribution in [0.1, 0.15) is 12.1 Å². The minimum atomic E-state index is -0.0725. The van der Waals surface area contributed by atoms with Crippen molar-refractivity contribution >= 4 is 44.2 Å². The molecule has 0 aliphatic rings. The number of hydrogen-bond donors (Lipinski definition) is 0. The first-order valence-electron chi connectivity index (χ1n) is 9.13. The third-order valence-corrected chi connectivity index (χ3v) is 5.52. The van der Waals surface area contributed by atoms with Crippen molar-refractivity contribution in [1.29, 1.82) is 0 Å². The Kier molecular flexibility index (Phi) is 6.03. The van der Waals surface area contributed by atoms with Gasteiger partial charge in [0, 0.05) is 11.2 Å². The molecule has 2 aromatic carbocycles. The van der Waals surface area contributed by atoms with Gasteiger partial charge in [0.25, 0.3) is 0 Å². The summed E-state index contributed by atoms with van der Waals surface area (Å²) in [5.41, 5.74) is 1.61. The van der Waals surface area contributed by atoms with Crippen LogP contribution in [0.2, 0.25) is 5.02 Å². The Bertz CT molecular complexity index is 1100. The normalized spacial score (nSPS) is 10.8. The van der Waals surface area contributed by atoms with Crippen molar-refractivity contribution in [3.8, 4) is 5.75 Å². The quantitative estimate of drug-likeness (QED) is 0.402. The molecule has 146 valence electrons. The van der Waals surface area contributed by atoms with E-state index in [2.05, 4.69) is 9.97 Å². The Balaban J connectivity index is 1.54. The smallest absolute Gasteiger partial charge is 0.232 e. The molecular weight excluding hydrogens is 406 g/mol. The molecule has 2 aromatic heterocycles. The van der Waals surface area contributed by atoms with Gasteiger partial charge >= 0.3 is 0 Å². The van der Waals surface area contributed by atoms with Crippen LogP contribution in [0.15, 0.2) is 72.9 Å². The molecule has 0 bridgehead atoms. The fraction of sp³-hybridized carbons (Fsp3) is 0.136. The van der Waals surface area contributed by atoms with E-state index in [1.165, 1.54) is 11.3 Å². The summed E-state index contributed by atoms with van der Waals surface area (Å²) in [5.74, 6) is 0.669. The number of thiazole rings is 1. The summed E-state index contributed by atoms with van der Waals surface area (Å²) in [6, 6.07) is 20.6. The van der Waals surface area contributed by atoms with Crippen molar-refractivity contribution in [1.82, 2.24) is 9.97 Å². The van der Waals surface area contributed by atoms with Crippen LogP contribution in [0, 0.1) is 0 Å². The van der Waals surface area contributed by atoms with E-state index >= 15 is 0 Å². The van der Waals surface area contributed by atoms with Crippen LogP contribution < -0.4 is 9.64 Å². The number of aromatic nitrogens is 2. The largest absolute Gasteiger partial charge is 0.493 e. The van der Waals surface area contributed by atoms with E-state index in [-0.39, 0.29) is 18.9 Å². The Labute approximate surface area is 177 Å². The van der Waals surface area contributed by atoms with Crippen LogP contribution in [0.5, 0.6) is 5.75 Å². The molecule has 5 nitrogen and oxygen atoms in total. The lowest BCUT2D eigenvalue weighted by Gasteiger charge is -2.19. The van der Waals surface area contributed by atoms with E-state index in [9.17, 15) is 4.79 Å². The summed E-state index contributed by atoms with van der Waals surface area (Å²) in [6.07, 6.45) is 1.95. The molecule has 0 saturated heterocycles. The molecule has 0 saturated carbocycles. The molecule has 2 heterocycles. The van der Waals surface area contributed by atoms with E-state index < -0.39 is 0 Å². The number of hydrogen-bond acceptors (Lipinski definition) is 5. The van der Waals surface area contributed by atoms with Gasteiger partial charge < -0.3 is 4.74 Å². The lowest BCUT2D eigenvalue weighted by molar-refractivity contribution is -0.119. The highest BCUT2D eigenvalue weighted by Gasteiger charge is 2.21. The molecule has 7 heteroatoms. The van der Waals surface area contributed by atoms with Gasteiger partial charge in [0.2, 0.25) is 5.91 Å². The Morgan fingerprint density at radius 2 is 1.90 bits per heavy atom. The monoisotopic (exact) mass is 423 g/mol. The van der Waals surface area contributed by atoms with Crippen LogP contribution in [0.3, 0.4) is 0 Å². The predicted molar refractivity (Wildman–Crippen MR) is 117 cm³/mol. The zero-order valence-electron chi connectivity index (χ0n) is 15.5. The molecule has 1 amide bonds. The molecule has 0 fully saturated rings. The second kappa shape index (κ2) is 9.03. The van der Waals surface area contributed by atoms with Crippen molar-refractivity contribution in [3.63, 3.8) is 0 Å². The maximum Gasteiger partial charge on any atom is 0.232 e. The standard InChI is InChI=1S/C22H18ClN3O2S/c23-16-9-10-19-20(14-16)29-22(25-19)26(15-17-6-4-5-12-24-17)21(27)11-13-28-18-7-2-1-3-8-18/h1-10,12,14H,11,13,15H2. The zero-order valence-corrected chi connectivity index (χ0v) is 17.1. The van der Waals surface area contributed by atoms with Gasteiger partial charge in [-0.15, -0.1) is 0 Å². The fourth-order valence-electron chi connectivity index (χ4n) is 2.83. The van der Waals surface area contributed by atoms with Crippen LogP contribution >= 0.6 is 22.9 Å². The molecule has 0 aliphatic heterocycles. The number of nitrogens with zero attached hydrogens (tertiary/aromatic N) is 3. The minimum Gasteiger partial charge on any atom is -0.493 e. The summed E-state index contributed by atoms with van der Waals surface area (Å²) in [6.45, 7) is 0.636. The average Bonchev–Trinajstić information content (AvgIpc) is 3.16. The molecule has 0 aliphatic carbocycles. The van der Waals surface area contributed by atoms with Gasteiger partial charge in [-0.3, -0.25) is 14.7 Å². The lowest BCUT2D eigenvalue weighted by Crippen LogP contribution is -2.31. The number of benzene rings is 2. The number of para-hydroxylation sites is 1. The van der Waals surface area contributed by atoms with Crippen molar-refractivity contribution in [3.05, 3.63) is 83.6 Å². The summed E-state index contributed by atoms with van der Waals surface area (Å²) >= 11 is 7.54. The third-order valence-electron chi connectivity index (χ3n) is 4.25. The molecule has 4 aromatic rings. The lowest BCUT2D eigenvalue weighted by atomic mass is 10.3. The molecule has 0 atom stereocenters. The van der Waals surface area contributed by atoms with E-state index in [0.29, 0.717) is 16.7 Å². The molecule has 29 heavy (non-hydrogen) atoms. The van der Waals surface area contributed by atoms with Gasteiger partial charge in [-0.05, 0) is 42.5 Å². The molecule has 0 N–H and O–H groups in total. The number of pyridine rings is 1. The first-order valence-corrected chi connectivity index (χ1v) is 10.3. The molecule has 0 unspecified atom stereocenters. The molecular formula is C22H18ClN3O2S. The van der Waals surface area contributed by atoms with Gasteiger partial charge in [0.05, 0.1) is 35.5 Å². The Hall–Kier alpha value is -2.96. The van der Waals surface area contributed by atoms with Gasteiger partial charge in [-0.25, -0.2) is 4.98 Å². The van der Waals surface area contributed by atoms with Crippen molar-refractivity contribution in [2.75, 3.05) is 11.5 Å². The van der Waals surface area contributed by atoms with Crippen LogP contribution in [-0.2, 0) is 11.3 Å². The van der Waals surface area contributed by atoms with Crippen LogP contribution in [0.25, 0.3) is 10.2 Å². The maximum atomic E-state index is 13.0. The topological polar surface area (TPSA) is 55.3 Å². The highest BCUT2D eigenvalue weighted by molar-refractivity contribution is 7.22. The first kappa shape index (κ1) is 19.4. The van der Waals surface area contributed by atoms with Crippen molar-refractivity contribution in [2.24, 2.45) is 0 Å². The summed E-state index contributed by atoms with van der Waals surface area (Å²) in [4.78, 5) is 23.7. The molecule has 4 rings (SSSR count). The summed E-state index contributed by atoms with van der Waals surface area (Å²) in [7, 11) is 0. The number of rotatable bonds is 7. The Morgan fingerprint density at radius 1 is 1.07 bits per heavy atom. The maximum absolute atomic E-state index is 13.0. The number of carbonyl (C=O) groups is 1. The van der Waals surface area contributed by atoms with E-state index in [1.54, 1.807) is 17.2 Å². The number of halogens is 1. The van der Waals surface area contributed by atoms with E-state index in [1.807, 2.05) is 60.7 Å². The second-order valence-corrected chi connectivity index (χ2v) is 7.77. The van der Waals surface area contributed by atoms with Crippen molar-refractivity contribution in [2.45, 2.75) is 13.0 Å². The van der Waals surface area contributed by atoms with E-state index in [4.69, 9.17) is 16.3 Å². The fourth-order valence-corrected chi connectivity index (χ4v) is 4.08. The SMILES string of the molecule is O=C(CCOc1ccccc1)N(Cc1ccccn1)c1nc2ccc(Cl)cc2s1. The Morgan fingerprint density at radius 3 is 2.69 bits per heavy atom. The molecule has 0 spiro atoms. The second-order valence-electron chi connectivity index (χ2n) is 6.32. The van der Waals surface area contributed by atoms with Gasteiger partial charge in [-0.1, -0.05) is 47.2 Å². The van der Waals surface area contributed by atoms with Crippen molar-refractivity contribution < 1.29 is 9.53 Å². The number of anilines is 1. The van der Waals surface area contributed by atoms with Gasteiger partial charge in [-0.2, -0.15) is 0 Å². The minimum absolute atomic E-state index is 0.0725.